The van der Waals surface area contributed by atoms with Crippen molar-refractivity contribution < 1.29 is 42.1 Å². The molecule has 0 radical (unpaired) electrons. The fraction of sp³-hybridized carbons (Fsp3) is 0.581. The highest BCUT2D eigenvalue weighted by molar-refractivity contribution is 5.88. The number of pyridine rings is 1. The van der Waals surface area contributed by atoms with Crippen molar-refractivity contribution in [1.82, 2.24) is 9.88 Å². The van der Waals surface area contributed by atoms with Gasteiger partial charge in [0.25, 0.3) is 5.91 Å². The van der Waals surface area contributed by atoms with Crippen LogP contribution in [0.4, 0.5) is 13.2 Å². The zero-order chi connectivity index (χ0) is 30.8. The molecule has 0 bridgehead atoms. The lowest BCUT2D eigenvalue weighted by Gasteiger charge is -2.35. The number of amides is 1. The second-order valence-electron chi connectivity index (χ2n) is 11.9. The summed E-state index contributed by atoms with van der Waals surface area (Å²) in [4.78, 5) is 32.4. The summed E-state index contributed by atoms with van der Waals surface area (Å²) in [6, 6.07) is 6.32. The molecule has 0 spiro atoms. The van der Waals surface area contributed by atoms with Crippen LogP contribution in [0.25, 0.3) is 0 Å². The number of carboxylic acid groups (broad SMARTS) is 1. The van der Waals surface area contributed by atoms with Crippen LogP contribution < -0.4 is 4.74 Å². The fourth-order valence-corrected chi connectivity index (χ4v) is 6.29. The number of benzene rings is 1. The van der Waals surface area contributed by atoms with E-state index in [0.717, 1.165) is 30.0 Å². The van der Waals surface area contributed by atoms with Gasteiger partial charge in [0.05, 0.1) is 31.4 Å². The van der Waals surface area contributed by atoms with Crippen molar-refractivity contribution in [1.29, 1.82) is 0 Å². The molecule has 4 rings (SSSR count). The van der Waals surface area contributed by atoms with E-state index < -0.39 is 59.2 Å². The minimum absolute atomic E-state index is 0.0304. The summed E-state index contributed by atoms with van der Waals surface area (Å²) < 4.78 is 58.2. The Bertz CT molecular complexity index is 1270. The first-order valence-electron chi connectivity index (χ1n) is 14.3. The molecule has 230 valence electrons. The highest BCUT2D eigenvalue weighted by Crippen LogP contribution is 2.51. The molecule has 5 atom stereocenters. The van der Waals surface area contributed by atoms with Crippen molar-refractivity contribution in [3.05, 3.63) is 58.8 Å². The Morgan fingerprint density at radius 1 is 1.14 bits per heavy atom. The van der Waals surface area contributed by atoms with Crippen LogP contribution in [0.3, 0.4) is 0 Å². The molecule has 1 aromatic carbocycles. The Morgan fingerprint density at radius 2 is 1.86 bits per heavy atom. The van der Waals surface area contributed by atoms with Crippen molar-refractivity contribution in [2.24, 2.45) is 11.3 Å². The summed E-state index contributed by atoms with van der Waals surface area (Å²) in [5, 5.41) is 10.6. The number of halogens is 3. The molecule has 8 nitrogen and oxygen atoms in total. The average molecular weight is 593 g/mol. The number of aliphatic carboxylic acids is 1. The van der Waals surface area contributed by atoms with Gasteiger partial charge in [-0.2, -0.15) is 13.2 Å². The molecule has 3 heterocycles. The van der Waals surface area contributed by atoms with Crippen molar-refractivity contribution in [3.8, 4) is 5.88 Å². The van der Waals surface area contributed by atoms with Gasteiger partial charge in [0, 0.05) is 24.3 Å². The van der Waals surface area contributed by atoms with Gasteiger partial charge in [-0.3, -0.25) is 4.79 Å². The summed E-state index contributed by atoms with van der Waals surface area (Å²) in [5.41, 5.74) is 0.0842. The molecule has 0 saturated carbocycles. The Labute approximate surface area is 244 Å². The third-order valence-corrected chi connectivity index (χ3v) is 8.20. The van der Waals surface area contributed by atoms with E-state index in [0.29, 0.717) is 25.6 Å². The van der Waals surface area contributed by atoms with E-state index in [9.17, 15) is 27.9 Å². The lowest BCUT2D eigenvalue weighted by atomic mass is 9.73. The van der Waals surface area contributed by atoms with E-state index in [1.807, 2.05) is 52.0 Å². The number of hydrogen-bond acceptors (Lipinski definition) is 6. The van der Waals surface area contributed by atoms with Crippen LogP contribution in [-0.4, -0.2) is 58.8 Å². The molecule has 1 aromatic heterocycles. The number of rotatable bonds is 8. The number of carboxylic acids is 1. The number of aromatic nitrogens is 1. The number of alkyl halides is 3. The molecule has 2 saturated heterocycles. The molecule has 2 aliphatic heterocycles. The topological polar surface area (TPSA) is 98.2 Å². The lowest BCUT2D eigenvalue weighted by molar-refractivity contribution is -0.159. The Kier molecular flexibility index (Phi) is 9.52. The Balaban J connectivity index is 1.86. The van der Waals surface area contributed by atoms with E-state index in [1.54, 1.807) is 0 Å². The number of hydrogen-bond donors (Lipinski definition) is 1. The van der Waals surface area contributed by atoms with E-state index in [4.69, 9.17) is 14.2 Å². The average Bonchev–Trinajstić information content (AvgIpc) is 3.31. The summed E-state index contributed by atoms with van der Waals surface area (Å²) in [6.07, 6.45) is -2.92. The molecule has 2 fully saturated rings. The molecule has 0 aliphatic carbocycles. The van der Waals surface area contributed by atoms with Gasteiger partial charge in [0.15, 0.2) is 0 Å². The summed E-state index contributed by atoms with van der Waals surface area (Å²) in [5.74, 6) is -2.35. The lowest BCUT2D eigenvalue weighted by Crippen LogP contribution is -2.51. The van der Waals surface area contributed by atoms with Gasteiger partial charge in [0.1, 0.15) is 12.1 Å². The number of aryl methyl sites for hydroxylation is 1. The van der Waals surface area contributed by atoms with Crippen LogP contribution in [0.2, 0.25) is 0 Å². The number of methoxy groups -OCH3 is 1. The second kappa shape index (κ2) is 12.6. The van der Waals surface area contributed by atoms with E-state index in [1.165, 1.54) is 12.0 Å². The largest absolute Gasteiger partial charge is 0.481 e. The molecule has 1 amide bonds. The number of ether oxygens (including phenoxy) is 3. The normalized spacial score (nSPS) is 25.0. The maximum atomic E-state index is 14.2. The number of likely N-dealkylation sites (tertiary alicyclic amines) is 1. The van der Waals surface area contributed by atoms with Crippen LogP contribution in [0.15, 0.2) is 36.5 Å². The minimum Gasteiger partial charge on any atom is -0.481 e. The van der Waals surface area contributed by atoms with Crippen molar-refractivity contribution >= 4 is 11.9 Å². The van der Waals surface area contributed by atoms with Crippen LogP contribution in [0, 0.1) is 11.3 Å². The third kappa shape index (κ3) is 6.41. The van der Waals surface area contributed by atoms with Gasteiger partial charge < -0.3 is 24.2 Å². The highest BCUT2D eigenvalue weighted by Gasteiger charge is 2.59. The summed E-state index contributed by atoms with van der Waals surface area (Å²) in [6.45, 7) is 7.67. The van der Waals surface area contributed by atoms with Crippen LogP contribution in [0.1, 0.15) is 75.3 Å². The minimum atomic E-state index is -4.63. The predicted octanol–water partition coefficient (Wildman–Crippen LogP) is 5.82. The highest BCUT2D eigenvalue weighted by atomic mass is 19.4. The van der Waals surface area contributed by atoms with Crippen LogP contribution in [-0.2, 0) is 38.3 Å². The summed E-state index contributed by atoms with van der Waals surface area (Å²) in [7, 11) is 1.30. The first-order chi connectivity index (χ1) is 19.8. The molecule has 0 unspecified atom stereocenters. The van der Waals surface area contributed by atoms with Gasteiger partial charge in [-0.1, -0.05) is 52.0 Å². The molecule has 11 heteroatoms. The van der Waals surface area contributed by atoms with Crippen molar-refractivity contribution in [2.75, 3.05) is 13.7 Å². The molecule has 42 heavy (non-hydrogen) atoms. The monoisotopic (exact) mass is 592 g/mol. The maximum Gasteiger partial charge on any atom is 0.417 e. The number of nitrogens with zero attached hydrogens (tertiary/aromatic N) is 2. The first kappa shape index (κ1) is 31.7. The third-order valence-electron chi connectivity index (χ3n) is 8.20. The molecular formula is C31H39F3N2O6. The van der Waals surface area contributed by atoms with Gasteiger partial charge in [-0.25, -0.2) is 9.78 Å². The molecular weight excluding hydrogens is 553 g/mol. The second-order valence-corrected chi connectivity index (χ2v) is 11.9. The smallest absolute Gasteiger partial charge is 0.417 e. The van der Waals surface area contributed by atoms with Crippen molar-refractivity contribution in [2.45, 2.75) is 90.5 Å². The first-order valence-corrected chi connectivity index (χ1v) is 14.3. The molecule has 2 aromatic rings. The van der Waals surface area contributed by atoms with Crippen molar-refractivity contribution in [3.63, 3.8) is 0 Å². The quantitative estimate of drug-likeness (QED) is 0.412. The number of carbonyl (C=O) groups excluding carboxylic acids is 1. The van der Waals surface area contributed by atoms with Gasteiger partial charge in [0.2, 0.25) is 5.88 Å². The predicted molar refractivity (Wildman–Crippen MR) is 148 cm³/mol. The standard InChI is InChI=1S/C31H39F3N2O6/c1-6-18-11-7-8-12-21(18)24-26(42-17-19-15-20(31(32,33)34)16-35-27(19)40-5)23(30(2,3)4)25(29(38)39)36(24)28(37)22-13-9-10-14-41-22/h7-8,11-12,15-16,22-26H,6,9-10,13-14,17H2,1-5H3,(H,38,39)/t22-,23+,24-,25-,26-/m0/s1. The molecule has 1 N–H and O–H groups in total. The Morgan fingerprint density at radius 3 is 2.43 bits per heavy atom. The van der Waals surface area contributed by atoms with E-state index >= 15 is 0 Å². The fourth-order valence-electron chi connectivity index (χ4n) is 6.29. The Hall–Kier alpha value is -3.18. The summed E-state index contributed by atoms with van der Waals surface area (Å²) >= 11 is 0. The van der Waals surface area contributed by atoms with Gasteiger partial charge >= 0.3 is 12.1 Å². The SMILES string of the molecule is CCc1ccccc1[C@H]1[C@@H](OCc2cc(C(F)(F)F)cnc2OC)[C@H](C(C)(C)C)[C@@H](C(=O)O)N1C(=O)[C@@H]1CCCCO1. The van der Waals surface area contributed by atoms with Crippen LogP contribution in [0.5, 0.6) is 5.88 Å². The van der Waals surface area contributed by atoms with Gasteiger partial charge in [-0.05, 0) is 48.3 Å². The number of carbonyl (C=O) groups is 2. The zero-order valence-corrected chi connectivity index (χ0v) is 24.6. The van der Waals surface area contributed by atoms with E-state index in [-0.39, 0.29) is 18.1 Å². The van der Waals surface area contributed by atoms with Gasteiger partial charge in [-0.15, -0.1) is 0 Å². The maximum absolute atomic E-state index is 14.2. The van der Waals surface area contributed by atoms with Crippen LogP contribution >= 0.6 is 0 Å². The van der Waals surface area contributed by atoms with E-state index in [2.05, 4.69) is 4.98 Å². The zero-order valence-electron chi connectivity index (χ0n) is 24.6. The molecule has 2 aliphatic rings.